The van der Waals surface area contributed by atoms with Crippen LogP contribution in [0.25, 0.3) is 0 Å². The van der Waals surface area contributed by atoms with E-state index in [1.54, 1.807) is 0 Å². The standard InChI is InChI=1S/C12H17NO3/c1-9-6-10(2)8-11(7-9)16-5-4-13-12(14)15-3/h6-8H,4-5H2,1-3H3,(H,13,14). The Morgan fingerprint density at radius 1 is 1.25 bits per heavy atom. The van der Waals surface area contributed by atoms with Crippen molar-refractivity contribution >= 4 is 6.09 Å². The zero-order valence-electron chi connectivity index (χ0n) is 9.87. The fraction of sp³-hybridized carbons (Fsp3) is 0.417. The van der Waals surface area contributed by atoms with Crippen molar-refractivity contribution in [2.24, 2.45) is 0 Å². The van der Waals surface area contributed by atoms with Crippen molar-refractivity contribution in [1.82, 2.24) is 5.32 Å². The number of hydrogen-bond donors (Lipinski definition) is 1. The first-order chi connectivity index (χ1) is 7.61. The van der Waals surface area contributed by atoms with Gasteiger partial charge in [-0.25, -0.2) is 4.79 Å². The second-order valence-electron chi connectivity index (χ2n) is 3.59. The second kappa shape index (κ2) is 6.00. The largest absolute Gasteiger partial charge is 0.492 e. The second-order valence-corrected chi connectivity index (χ2v) is 3.59. The zero-order valence-corrected chi connectivity index (χ0v) is 9.87. The van der Waals surface area contributed by atoms with E-state index in [1.807, 2.05) is 26.0 Å². The van der Waals surface area contributed by atoms with Gasteiger partial charge in [0.15, 0.2) is 0 Å². The molecule has 1 N–H and O–H groups in total. The molecule has 0 aliphatic rings. The average Bonchev–Trinajstić information content (AvgIpc) is 2.22. The molecule has 0 aliphatic carbocycles. The molecule has 88 valence electrons. The van der Waals surface area contributed by atoms with Gasteiger partial charge in [-0.05, 0) is 37.1 Å². The van der Waals surface area contributed by atoms with Crippen LogP contribution in [-0.4, -0.2) is 26.4 Å². The molecule has 0 bridgehead atoms. The Morgan fingerprint density at radius 2 is 1.88 bits per heavy atom. The monoisotopic (exact) mass is 223 g/mol. The summed E-state index contributed by atoms with van der Waals surface area (Å²) in [4.78, 5) is 10.7. The molecule has 0 radical (unpaired) electrons. The molecule has 0 heterocycles. The number of nitrogens with one attached hydrogen (secondary N) is 1. The number of carbonyl (C=O) groups excluding carboxylic acids is 1. The molecule has 0 atom stereocenters. The fourth-order valence-electron chi connectivity index (χ4n) is 1.41. The molecule has 0 fully saturated rings. The van der Waals surface area contributed by atoms with E-state index in [0.29, 0.717) is 13.2 Å². The van der Waals surface area contributed by atoms with E-state index >= 15 is 0 Å². The minimum absolute atomic E-state index is 0.429. The normalized spacial score (nSPS) is 9.69. The van der Waals surface area contributed by atoms with Crippen molar-refractivity contribution < 1.29 is 14.3 Å². The lowest BCUT2D eigenvalue weighted by Gasteiger charge is -2.08. The Balaban J connectivity index is 2.34. The van der Waals surface area contributed by atoms with Crippen LogP contribution in [0.1, 0.15) is 11.1 Å². The summed E-state index contributed by atoms with van der Waals surface area (Å²) in [5.41, 5.74) is 2.33. The van der Waals surface area contributed by atoms with Gasteiger partial charge in [0.1, 0.15) is 12.4 Å². The van der Waals surface area contributed by atoms with Gasteiger partial charge in [0.2, 0.25) is 0 Å². The third-order valence-electron chi connectivity index (χ3n) is 2.02. The van der Waals surface area contributed by atoms with Gasteiger partial charge >= 0.3 is 6.09 Å². The van der Waals surface area contributed by atoms with E-state index in [9.17, 15) is 4.79 Å². The molecule has 0 unspecified atom stereocenters. The number of hydrogen-bond acceptors (Lipinski definition) is 3. The van der Waals surface area contributed by atoms with E-state index < -0.39 is 6.09 Å². The highest BCUT2D eigenvalue weighted by Crippen LogP contribution is 2.15. The maximum Gasteiger partial charge on any atom is 0.406 e. The number of ether oxygens (including phenoxy) is 2. The third kappa shape index (κ3) is 4.21. The summed E-state index contributed by atoms with van der Waals surface area (Å²) in [5, 5.41) is 2.55. The molecule has 1 amide bonds. The van der Waals surface area contributed by atoms with E-state index in [0.717, 1.165) is 16.9 Å². The quantitative estimate of drug-likeness (QED) is 0.794. The molecule has 0 saturated carbocycles. The maximum atomic E-state index is 10.7. The topological polar surface area (TPSA) is 47.6 Å². The van der Waals surface area contributed by atoms with Crippen LogP contribution in [0.2, 0.25) is 0 Å². The van der Waals surface area contributed by atoms with Gasteiger partial charge in [-0.3, -0.25) is 0 Å². The van der Waals surface area contributed by atoms with Crippen LogP contribution in [0, 0.1) is 13.8 Å². The van der Waals surface area contributed by atoms with Crippen LogP contribution >= 0.6 is 0 Å². The average molecular weight is 223 g/mol. The maximum absolute atomic E-state index is 10.7. The fourth-order valence-corrected chi connectivity index (χ4v) is 1.41. The van der Waals surface area contributed by atoms with E-state index in [-0.39, 0.29) is 0 Å². The molecule has 4 heteroatoms. The van der Waals surface area contributed by atoms with Crippen LogP contribution < -0.4 is 10.1 Å². The summed E-state index contributed by atoms with van der Waals surface area (Å²) in [7, 11) is 1.33. The number of methoxy groups -OCH3 is 1. The number of aryl methyl sites for hydroxylation is 2. The van der Waals surface area contributed by atoms with Crippen molar-refractivity contribution in [3.8, 4) is 5.75 Å². The van der Waals surface area contributed by atoms with Crippen molar-refractivity contribution in [2.45, 2.75) is 13.8 Å². The van der Waals surface area contributed by atoms with Crippen LogP contribution in [0.3, 0.4) is 0 Å². The summed E-state index contributed by atoms with van der Waals surface area (Å²) in [6.07, 6.45) is -0.441. The minimum atomic E-state index is -0.441. The van der Waals surface area contributed by atoms with Gasteiger partial charge in [-0.15, -0.1) is 0 Å². The van der Waals surface area contributed by atoms with E-state index in [2.05, 4.69) is 16.1 Å². The van der Waals surface area contributed by atoms with Crippen molar-refractivity contribution in [2.75, 3.05) is 20.3 Å². The van der Waals surface area contributed by atoms with Crippen LogP contribution in [0.5, 0.6) is 5.75 Å². The Morgan fingerprint density at radius 3 is 2.44 bits per heavy atom. The van der Waals surface area contributed by atoms with Gasteiger partial charge in [0, 0.05) is 0 Å². The minimum Gasteiger partial charge on any atom is -0.492 e. The van der Waals surface area contributed by atoms with Gasteiger partial charge in [0.05, 0.1) is 13.7 Å². The van der Waals surface area contributed by atoms with Gasteiger partial charge in [-0.1, -0.05) is 6.07 Å². The molecule has 1 rings (SSSR count). The number of rotatable bonds is 4. The lowest BCUT2D eigenvalue weighted by atomic mass is 10.1. The first-order valence-electron chi connectivity index (χ1n) is 5.14. The molecule has 1 aromatic rings. The van der Waals surface area contributed by atoms with E-state index in [4.69, 9.17) is 4.74 Å². The van der Waals surface area contributed by atoms with Crippen molar-refractivity contribution in [1.29, 1.82) is 0 Å². The van der Waals surface area contributed by atoms with Crippen molar-refractivity contribution in [3.63, 3.8) is 0 Å². The van der Waals surface area contributed by atoms with Gasteiger partial charge < -0.3 is 14.8 Å². The summed E-state index contributed by atoms with van der Waals surface area (Å²) >= 11 is 0. The molecular formula is C12H17NO3. The van der Waals surface area contributed by atoms with Crippen LogP contribution in [0.4, 0.5) is 4.79 Å². The number of benzene rings is 1. The van der Waals surface area contributed by atoms with E-state index in [1.165, 1.54) is 7.11 Å². The highest BCUT2D eigenvalue weighted by Gasteiger charge is 1.99. The smallest absolute Gasteiger partial charge is 0.406 e. The number of carbonyl (C=O) groups is 1. The molecule has 1 aromatic carbocycles. The zero-order chi connectivity index (χ0) is 12.0. The number of alkyl carbamates (subject to hydrolysis) is 1. The summed E-state index contributed by atoms with van der Waals surface area (Å²) in [6, 6.07) is 6.01. The Kier molecular flexibility index (Phi) is 4.64. The molecular weight excluding hydrogens is 206 g/mol. The first kappa shape index (κ1) is 12.4. The molecule has 0 spiro atoms. The lowest BCUT2D eigenvalue weighted by molar-refractivity contribution is 0.168. The summed E-state index contributed by atoms with van der Waals surface area (Å²) in [6.45, 7) is 4.90. The summed E-state index contributed by atoms with van der Waals surface area (Å²) in [5.74, 6) is 0.823. The Bertz CT molecular complexity index is 343. The Hall–Kier alpha value is -1.71. The lowest BCUT2D eigenvalue weighted by Crippen LogP contribution is -2.27. The van der Waals surface area contributed by atoms with Crippen LogP contribution in [-0.2, 0) is 4.74 Å². The highest BCUT2D eigenvalue weighted by atomic mass is 16.5. The number of amides is 1. The van der Waals surface area contributed by atoms with Crippen molar-refractivity contribution in [3.05, 3.63) is 29.3 Å². The van der Waals surface area contributed by atoms with Gasteiger partial charge in [-0.2, -0.15) is 0 Å². The SMILES string of the molecule is COC(=O)NCCOc1cc(C)cc(C)c1. The van der Waals surface area contributed by atoms with Crippen LogP contribution in [0.15, 0.2) is 18.2 Å². The predicted octanol–water partition coefficient (Wildman–Crippen LogP) is 2.04. The highest BCUT2D eigenvalue weighted by molar-refractivity contribution is 5.66. The molecule has 0 saturated heterocycles. The molecule has 0 aromatic heterocycles. The molecule has 16 heavy (non-hydrogen) atoms. The molecule has 4 nitrogen and oxygen atoms in total. The Labute approximate surface area is 95.6 Å². The summed E-state index contributed by atoms with van der Waals surface area (Å²) < 4.78 is 9.93. The molecule has 0 aliphatic heterocycles. The first-order valence-corrected chi connectivity index (χ1v) is 5.14. The third-order valence-corrected chi connectivity index (χ3v) is 2.02. The van der Waals surface area contributed by atoms with Gasteiger partial charge in [0.25, 0.3) is 0 Å². The predicted molar refractivity (Wildman–Crippen MR) is 61.8 cm³/mol.